The van der Waals surface area contributed by atoms with Crippen LogP contribution in [0.15, 0.2) is 42.5 Å². The average Bonchev–Trinajstić information content (AvgIpc) is 3.62. The number of halogens is 7. The van der Waals surface area contributed by atoms with Gasteiger partial charge in [0, 0.05) is 35.7 Å². The third kappa shape index (κ3) is 7.54. The molecule has 0 spiro atoms. The summed E-state index contributed by atoms with van der Waals surface area (Å²) in [6.07, 6.45) is -2.56. The lowest BCUT2D eigenvalue weighted by atomic mass is 9.93. The van der Waals surface area contributed by atoms with Crippen molar-refractivity contribution in [2.24, 2.45) is 13.0 Å². The molecule has 56 heavy (non-hydrogen) atoms. The predicted molar refractivity (Wildman–Crippen MR) is 193 cm³/mol. The van der Waals surface area contributed by atoms with Gasteiger partial charge in [0.1, 0.15) is 40.9 Å². The number of aliphatic hydroxyl groups is 1. The lowest BCUT2D eigenvalue weighted by Gasteiger charge is -2.23. The average molecular weight is 820 g/mol. The molecule has 2 aromatic carbocycles. The molecule has 1 unspecified atom stereocenters. The zero-order chi connectivity index (χ0) is 40.6. The van der Waals surface area contributed by atoms with E-state index >= 15 is 8.78 Å². The lowest BCUT2D eigenvalue weighted by molar-refractivity contribution is -0.123. The molecular formula is C37H32ClF6N7O4S. The number of anilines is 1. The van der Waals surface area contributed by atoms with Gasteiger partial charge < -0.3 is 10.4 Å². The fourth-order valence-corrected chi connectivity index (χ4v) is 7.97. The standard InChI is InChI=1S/C37H32ClF6N7O4S/c1-36(2,53)10-9-20-5-6-21(22-7-8-25(38)29-32(22)50(3)48-35(29)49-56(4,54)55)30(45-20)26(13-17-11-18(39)14-19(40)12-17)46-27(52)16-51-33-28(31(47-51)34(41)42)23-15-24(23)37(33,43)44/h5-8,11-12,14,23-24,26,34,53H,13,15-16H2,1-4H3,(H,46,52)(H,48,49)/t23?,24-,26+/m1/s1. The summed E-state index contributed by atoms with van der Waals surface area (Å²) in [7, 11) is -2.30. The van der Waals surface area contributed by atoms with Crippen molar-refractivity contribution in [1.29, 1.82) is 0 Å². The molecule has 1 amide bonds. The van der Waals surface area contributed by atoms with E-state index in [0.717, 1.165) is 18.4 Å². The van der Waals surface area contributed by atoms with Crippen molar-refractivity contribution in [1.82, 2.24) is 29.9 Å². The second kappa shape index (κ2) is 13.8. The van der Waals surface area contributed by atoms with Gasteiger partial charge in [0.2, 0.25) is 15.9 Å². The molecule has 0 saturated heterocycles. The molecule has 3 aromatic heterocycles. The topological polar surface area (TPSA) is 144 Å². The predicted octanol–water partition coefficient (Wildman–Crippen LogP) is 6.50. The highest BCUT2D eigenvalue weighted by molar-refractivity contribution is 7.92. The van der Waals surface area contributed by atoms with E-state index < -0.39 is 81.3 Å². The molecule has 3 atom stereocenters. The minimum absolute atomic E-state index is 0.0193. The Morgan fingerprint density at radius 1 is 1.09 bits per heavy atom. The highest BCUT2D eigenvalue weighted by Crippen LogP contribution is 2.68. The molecule has 2 aliphatic carbocycles. The number of aromatic nitrogens is 5. The van der Waals surface area contributed by atoms with Crippen LogP contribution in [0.25, 0.3) is 22.0 Å². The SMILES string of the molecule is Cn1nc(NS(C)(=O)=O)c2c(Cl)ccc(-c3ccc(C#CC(C)(C)O)nc3[C@H](Cc3cc(F)cc(F)c3)NC(=O)Cn3nc(C(F)F)c4c3C(F)(F)[C@@H]3CC43)c21. The van der Waals surface area contributed by atoms with Crippen molar-refractivity contribution in [2.75, 3.05) is 11.0 Å². The normalized spacial score (nSPS) is 17.7. The van der Waals surface area contributed by atoms with Crippen LogP contribution in [0.3, 0.4) is 0 Å². The monoisotopic (exact) mass is 819 g/mol. The molecular weight excluding hydrogens is 788 g/mol. The van der Waals surface area contributed by atoms with Crippen LogP contribution in [0.2, 0.25) is 5.02 Å². The van der Waals surface area contributed by atoms with E-state index in [1.54, 1.807) is 12.1 Å². The van der Waals surface area contributed by atoms with Gasteiger partial charge in [-0.15, -0.1) is 0 Å². The summed E-state index contributed by atoms with van der Waals surface area (Å²) in [5.74, 6) is -3.02. The Balaban J connectivity index is 1.39. The van der Waals surface area contributed by atoms with Gasteiger partial charge in [-0.3, -0.25) is 18.9 Å². The first-order valence-corrected chi connectivity index (χ1v) is 19.3. The lowest BCUT2D eigenvalue weighted by Crippen LogP contribution is -2.35. The zero-order valence-corrected chi connectivity index (χ0v) is 31.5. The van der Waals surface area contributed by atoms with Gasteiger partial charge in [-0.1, -0.05) is 23.6 Å². The van der Waals surface area contributed by atoms with Gasteiger partial charge in [-0.05, 0) is 74.4 Å². The van der Waals surface area contributed by atoms with E-state index in [4.69, 9.17) is 16.6 Å². The van der Waals surface area contributed by atoms with E-state index in [2.05, 4.69) is 32.1 Å². The summed E-state index contributed by atoms with van der Waals surface area (Å²) in [5, 5.41) is 21.4. The maximum Gasteiger partial charge on any atom is 0.293 e. The minimum Gasteiger partial charge on any atom is -0.378 e. The van der Waals surface area contributed by atoms with Gasteiger partial charge in [-0.2, -0.15) is 19.0 Å². The van der Waals surface area contributed by atoms with Crippen LogP contribution in [0.4, 0.5) is 32.2 Å². The molecule has 19 heteroatoms. The highest BCUT2D eigenvalue weighted by atomic mass is 35.5. The second-order valence-electron chi connectivity index (χ2n) is 14.4. The van der Waals surface area contributed by atoms with Crippen LogP contribution in [0, 0.1) is 29.4 Å². The van der Waals surface area contributed by atoms with Crippen LogP contribution in [-0.4, -0.2) is 55.8 Å². The van der Waals surface area contributed by atoms with Crippen molar-refractivity contribution in [3.8, 4) is 23.0 Å². The molecule has 1 saturated carbocycles. The Bertz CT molecular complexity index is 2590. The summed E-state index contributed by atoms with van der Waals surface area (Å²) in [4.78, 5) is 18.6. The van der Waals surface area contributed by atoms with Crippen LogP contribution in [-0.2, 0) is 40.8 Å². The molecule has 3 heterocycles. The van der Waals surface area contributed by atoms with Crippen LogP contribution >= 0.6 is 11.6 Å². The molecule has 0 bridgehead atoms. The Kier molecular flexibility index (Phi) is 9.65. The Morgan fingerprint density at radius 3 is 2.41 bits per heavy atom. The number of rotatable bonds is 10. The number of amides is 1. The summed E-state index contributed by atoms with van der Waals surface area (Å²) < 4.78 is 117. The fourth-order valence-electron chi connectivity index (χ4n) is 7.23. The number of carbonyl (C=O) groups is 1. The Labute approximate surface area is 321 Å². The van der Waals surface area contributed by atoms with Gasteiger partial charge in [0.25, 0.3) is 12.3 Å². The number of alkyl halides is 4. The number of pyridine rings is 1. The van der Waals surface area contributed by atoms with Crippen LogP contribution in [0.1, 0.15) is 72.6 Å². The molecule has 3 N–H and O–H groups in total. The van der Waals surface area contributed by atoms with E-state index in [-0.39, 0.29) is 57.1 Å². The van der Waals surface area contributed by atoms with Crippen molar-refractivity contribution >= 4 is 44.3 Å². The number of aryl methyl sites for hydroxylation is 1. The van der Waals surface area contributed by atoms with Gasteiger partial charge in [0.05, 0.1) is 33.9 Å². The van der Waals surface area contributed by atoms with Gasteiger partial charge in [-0.25, -0.2) is 31.0 Å². The summed E-state index contributed by atoms with van der Waals surface area (Å²) in [5.41, 5.74) is -2.23. The van der Waals surface area contributed by atoms with Crippen molar-refractivity contribution < 1.29 is 44.7 Å². The molecule has 294 valence electrons. The quantitative estimate of drug-likeness (QED) is 0.108. The van der Waals surface area contributed by atoms with Crippen molar-refractivity contribution in [2.45, 2.75) is 63.1 Å². The van der Waals surface area contributed by atoms with E-state index in [1.807, 2.05) is 0 Å². The van der Waals surface area contributed by atoms with Gasteiger partial charge >= 0.3 is 0 Å². The maximum absolute atomic E-state index is 15.4. The number of nitrogens with one attached hydrogen (secondary N) is 2. The fraction of sp³-hybridized carbons (Fsp3) is 0.351. The summed E-state index contributed by atoms with van der Waals surface area (Å²) in [6.45, 7) is 1.95. The van der Waals surface area contributed by atoms with Crippen molar-refractivity contribution in [3.63, 3.8) is 0 Å². The number of sulfonamides is 1. The van der Waals surface area contributed by atoms with Crippen LogP contribution in [0.5, 0.6) is 0 Å². The maximum atomic E-state index is 15.4. The smallest absolute Gasteiger partial charge is 0.293 e. The number of fused-ring (bicyclic) bond motifs is 4. The second-order valence-corrected chi connectivity index (χ2v) is 16.5. The van der Waals surface area contributed by atoms with E-state index in [0.29, 0.717) is 21.8 Å². The molecule has 11 nitrogen and oxygen atoms in total. The summed E-state index contributed by atoms with van der Waals surface area (Å²) >= 11 is 6.57. The molecule has 2 aliphatic rings. The van der Waals surface area contributed by atoms with Gasteiger partial charge in [0.15, 0.2) is 5.82 Å². The number of hydrogen-bond donors (Lipinski definition) is 3. The zero-order valence-electron chi connectivity index (χ0n) is 29.9. The number of nitrogens with zero attached hydrogens (tertiary/aromatic N) is 5. The van der Waals surface area contributed by atoms with Crippen LogP contribution < -0.4 is 10.0 Å². The summed E-state index contributed by atoms with van der Waals surface area (Å²) in [6, 6.07) is 7.47. The Hall–Kier alpha value is -5.12. The number of hydrogen-bond acceptors (Lipinski definition) is 7. The first-order chi connectivity index (χ1) is 26.1. The third-order valence-corrected chi connectivity index (χ3v) is 10.3. The first kappa shape index (κ1) is 39.1. The van der Waals surface area contributed by atoms with Crippen molar-refractivity contribution in [3.05, 3.63) is 93.0 Å². The van der Waals surface area contributed by atoms with E-state index in [1.165, 1.54) is 37.7 Å². The minimum atomic E-state index is -3.83. The highest BCUT2D eigenvalue weighted by Gasteiger charge is 2.67. The molecule has 1 fully saturated rings. The molecule has 5 aromatic rings. The first-order valence-electron chi connectivity index (χ1n) is 17.0. The molecule has 0 aliphatic heterocycles. The van der Waals surface area contributed by atoms with E-state index in [9.17, 15) is 35.9 Å². The third-order valence-electron chi connectivity index (χ3n) is 9.42. The number of carbonyl (C=O) groups excluding carboxylic acids is 1. The number of benzene rings is 2. The largest absolute Gasteiger partial charge is 0.378 e. The Morgan fingerprint density at radius 2 is 1.77 bits per heavy atom. The molecule has 0 radical (unpaired) electrons. The molecule has 7 rings (SSSR count).